The number of likely N-dealkylation sites (N-methyl/N-ethyl adjacent to an activating group) is 1. The van der Waals surface area contributed by atoms with Gasteiger partial charge in [0.15, 0.2) is 0 Å². The van der Waals surface area contributed by atoms with Crippen LogP contribution in [0.4, 0.5) is 0 Å². The van der Waals surface area contributed by atoms with Crippen LogP contribution in [0.15, 0.2) is 24.3 Å². The fourth-order valence-corrected chi connectivity index (χ4v) is 3.22. The highest BCUT2D eigenvalue weighted by Crippen LogP contribution is 2.27. The quantitative estimate of drug-likeness (QED) is 0.895. The summed E-state index contributed by atoms with van der Waals surface area (Å²) < 4.78 is 0. The van der Waals surface area contributed by atoms with Gasteiger partial charge in [-0.3, -0.25) is 4.79 Å². The third-order valence-corrected chi connectivity index (χ3v) is 4.35. The van der Waals surface area contributed by atoms with Crippen molar-refractivity contribution >= 4 is 5.91 Å². The molecule has 1 aliphatic rings. The van der Waals surface area contributed by atoms with Crippen LogP contribution in [0.3, 0.4) is 0 Å². The average molecular weight is 274 g/mol. The van der Waals surface area contributed by atoms with Crippen molar-refractivity contribution in [2.75, 3.05) is 13.6 Å². The third kappa shape index (κ3) is 3.04. The lowest BCUT2D eigenvalue weighted by atomic mass is 9.90. The van der Waals surface area contributed by atoms with Gasteiger partial charge in [0.05, 0.1) is 5.54 Å². The van der Waals surface area contributed by atoms with Crippen LogP contribution in [0, 0.1) is 6.92 Å². The van der Waals surface area contributed by atoms with Crippen molar-refractivity contribution in [3.63, 3.8) is 0 Å². The van der Waals surface area contributed by atoms with Crippen molar-refractivity contribution in [3.05, 3.63) is 35.4 Å². The molecule has 3 heteroatoms. The van der Waals surface area contributed by atoms with Gasteiger partial charge >= 0.3 is 0 Å². The number of carbonyl (C=O) groups excluding carboxylic acids is 1. The van der Waals surface area contributed by atoms with Gasteiger partial charge in [0.2, 0.25) is 5.91 Å². The van der Waals surface area contributed by atoms with Crippen LogP contribution in [0.2, 0.25) is 0 Å². The van der Waals surface area contributed by atoms with E-state index in [1.54, 1.807) is 0 Å². The van der Waals surface area contributed by atoms with Gasteiger partial charge in [-0.2, -0.15) is 0 Å². The van der Waals surface area contributed by atoms with Gasteiger partial charge in [-0.15, -0.1) is 0 Å². The van der Waals surface area contributed by atoms with Crippen LogP contribution in [0.1, 0.15) is 43.7 Å². The second-order valence-corrected chi connectivity index (χ2v) is 5.95. The minimum absolute atomic E-state index is 0.250. The monoisotopic (exact) mass is 274 g/mol. The summed E-state index contributed by atoms with van der Waals surface area (Å²) in [6.45, 7) is 5.91. The molecule has 20 heavy (non-hydrogen) atoms. The lowest BCUT2D eigenvalue weighted by Gasteiger charge is -2.33. The molecule has 1 unspecified atom stereocenters. The topological polar surface area (TPSA) is 32.3 Å². The molecule has 1 saturated heterocycles. The zero-order valence-electron chi connectivity index (χ0n) is 12.9. The van der Waals surface area contributed by atoms with Crippen LogP contribution in [0.5, 0.6) is 0 Å². The first-order valence-electron chi connectivity index (χ1n) is 7.64. The fourth-order valence-electron chi connectivity index (χ4n) is 3.22. The molecule has 1 aromatic carbocycles. The van der Waals surface area contributed by atoms with E-state index < -0.39 is 0 Å². The first kappa shape index (κ1) is 15.0. The number of amides is 1. The van der Waals surface area contributed by atoms with E-state index in [-0.39, 0.29) is 11.4 Å². The van der Waals surface area contributed by atoms with Gasteiger partial charge in [0.25, 0.3) is 0 Å². The van der Waals surface area contributed by atoms with Crippen LogP contribution in [-0.2, 0) is 11.3 Å². The van der Waals surface area contributed by atoms with Crippen molar-refractivity contribution in [3.8, 4) is 0 Å². The van der Waals surface area contributed by atoms with Gasteiger partial charge in [0, 0.05) is 13.6 Å². The van der Waals surface area contributed by atoms with Crippen LogP contribution in [0.25, 0.3) is 0 Å². The number of aryl methyl sites for hydroxylation is 1. The Hall–Kier alpha value is -1.35. The Morgan fingerprint density at radius 1 is 1.40 bits per heavy atom. The van der Waals surface area contributed by atoms with Crippen molar-refractivity contribution in [2.24, 2.45) is 0 Å². The summed E-state index contributed by atoms with van der Waals surface area (Å²) in [6.07, 6.45) is 4.04. The van der Waals surface area contributed by atoms with Gasteiger partial charge in [-0.05, 0) is 43.9 Å². The van der Waals surface area contributed by atoms with Crippen LogP contribution in [-0.4, -0.2) is 29.9 Å². The molecule has 1 fully saturated rings. The molecule has 1 amide bonds. The summed E-state index contributed by atoms with van der Waals surface area (Å²) in [5.74, 6) is 0.250. The van der Waals surface area contributed by atoms with Gasteiger partial charge in [0.1, 0.15) is 0 Å². The van der Waals surface area contributed by atoms with Gasteiger partial charge in [-0.1, -0.05) is 37.6 Å². The lowest BCUT2D eigenvalue weighted by molar-refractivity contribution is -0.137. The number of carbonyl (C=O) groups is 1. The number of benzene rings is 1. The van der Waals surface area contributed by atoms with Crippen molar-refractivity contribution in [1.29, 1.82) is 0 Å². The summed E-state index contributed by atoms with van der Waals surface area (Å²) in [5.41, 5.74) is 2.16. The first-order chi connectivity index (χ1) is 9.59. The molecule has 0 spiro atoms. The first-order valence-corrected chi connectivity index (χ1v) is 7.64. The molecule has 0 bridgehead atoms. The molecule has 110 valence electrons. The maximum atomic E-state index is 12.8. The SMILES string of the molecule is CCCC1(C(=O)N(C)Cc2ccccc2C)CCCN1. The number of rotatable bonds is 5. The zero-order chi connectivity index (χ0) is 14.6. The summed E-state index contributed by atoms with van der Waals surface area (Å²) >= 11 is 0. The van der Waals surface area contributed by atoms with Crippen LogP contribution < -0.4 is 5.32 Å². The van der Waals surface area contributed by atoms with Gasteiger partial charge < -0.3 is 10.2 Å². The minimum Gasteiger partial charge on any atom is -0.340 e. The summed E-state index contributed by atoms with van der Waals surface area (Å²) in [5, 5.41) is 3.46. The van der Waals surface area contributed by atoms with E-state index in [2.05, 4.69) is 31.3 Å². The molecular weight excluding hydrogens is 248 g/mol. The Kier molecular flexibility index (Phi) is 4.81. The van der Waals surface area contributed by atoms with Crippen LogP contribution >= 0.6 is 0 Å². The van der Waals surface area contributed by atoms with Crippen molar-refractivity contribution < 1.29 is 4.79 Å². The number of hydrogen-bond donors (Lipinski definition) is 1. The van der Waals surface area contributed by atoms with Crippen molar-refractivity contribution in [1.82, 2.24) is 10.2 Å². The van der Waals surface area contributed by atoms with E-state index in [1.165, 1.54) is 11.1 Å². The normalized spacial score (nSPS) is 21.9. The van der Waals surface area contributed by atoms with E-state index in [1.807, 2.05) is 24.1 Å². The number of nitrogens with one attached hydrogen (secondary N) is 1. The highest BCUT2D eigenvalue weighted by molar-refractivity contribution is 5.86. The second kappa shape index (κ2) is 6.40. The predicted molar refractivity (Wildman–Crippen MR) is 82.5 cm³/mol. The highest BCUT2D eigenvalue weighted by Gasteiger charge is 2.41. The Labute approximate surface area is 122 Å². The number of nitrogens with zero attached hydrogens (tertiary/aromatic N) is 1. The lowest BCUT2D eigenvalue weighted by Crippen LogP contribution is -2.53. The predicted octanol–water partition coefficient (Wildman–Crippen LogP) is 2.88. The molecule has 1 aliphatic heterocycles. The van der Waals surface area contributed by atoms with E-state index in [4.69, 9.17) is 0 Å². The Balaban J connectivity index is 2.10. The molecule has 1 atom stereocenters. The molecule has 0 aliphatic carbocycles. The summed E-state index contributed by atoms with van der Waals surface area (Å²) in [6, 6.07) is 8.28. The van der Waals surface area contributed by atoms with E-state index in [0.29, 0.717) is 6.54 Å². The maximum absolute atomic E-state index is 12.8. The largest absolute Gasteiger partial charge is 0.340 e. The molecule has 0 radical (unpaired) electrons. The number of hydrogen-bond acceptors (Lipinski definition) is 2. The second-order valence-electron chi connectivity index (χ2n) is 5.95. The fraction of sp³-hybridized carbons (Fsp3) is 0.588. The highest BCUT2D eigenvalue weighted by atomic mass is 16.2. The molecule has 0 saturated carbocycles. The molecule has 1 aromatic rings. The molecule has 0 aromatic heterocycles. The van der Waals surface area contributed by atoms with E-state index in [9.17, 15) is 4.79 Å². The zero-order valence-corrected chi connectivity index (χ0v) is 12.9. The molecule has 1 heterocycles. The van der Waals surface area contributed by atoms with Gasteiger partial charge in [-0.25, -0.2) is 0 Å². The Bertz CT molecular complexity index is 464. The minimum atomic E-state index is -0.313. The van der Waals surface area contributed by atoms with Crippen molar-refractivity contribution in [2.45, 2.75) is 51.6 Å². The molecular formula is C17H26N2O. The average Bonchev–Trinajstić information content (AvgIpc) is 2.90. The standard InChI is InChI=1S/C17H26N2O/c1-4-10-17(11-7-12-18-17)16(20)19(3)13-15-9-6-5-8-14(15)2/h5-6,8-9,18H,4,7,10-13H2,1-3H3. The summed E-state index contributed by atoms with van der Waals surface area (Å²) in [4.78, 5) is 14.7. The Morgan fingerprint density at radius 3 is 2.75 bits per heavy atom. The molecule has 2 rings (SSSR count). The molecule has 3 nitrogen and oxygen atoms in total. The maximum Gasteiger partial charge on any atom is 0.242 e. The summed E-state index contributed by atoms with van der Waals surface area (Å²) in [7, 11) is 1.92. The smallest absolute Gasteiger partial charge is 0.242 e. The van der Waals surface area contributed by atoms with E-state index in [0.717, 1.165) is 32.2 Å². The van der Waals surface area contributed by atoms with E-state index >= 15 is 0 Å². The Morgan fingerprint density at radius 2 is 2.15 bits per heavy atom. The molecule has 1 N–H and O–H groups in total. The third-order valence-electron chi connectivity index (χ3n) is 4.35.